The van der Waals surface area contributed by atoms with Crippen molar-refractivity contribution in [3.63, 3.8) is 0 Å². The van der Waals surface area contributed by atoms with Crippen LogP contribution >= 0.6 is 0 Å². The van der Waals surface area contributed by atoms with Crippen molar-refractivity contribution >= 4 is 0 Å². The first-order chi connectivity index (χ1) is 6.80. The summed E-state index contributed by atoms with van der Waals surface area (Å²) in [7, 11) is 0. The topological polar surface area (TPSA) is 44.5 Å². The van der Waals surface area contributed by atoms with Crippen molar-refractivity contribution in [1.82, 2.24) is 0 Å². The van der Waals surface area contributed by atoms with Gasteiger partial charge in [-0.15, -0.1) is 0 Å². The maximum Gasteiger partial charge on any atom is 0.171 e. The zero-order valence-corrected chi connectivity index (χ0v) is 9.00. The average molecular weight is 199 g/mol. The van der Waals surface area contributed by atoms with Crippen LogP contribution in [-0.4, -0.2) is 25.0 Å². The van der Waals surface area contributed by atoms with Crippen LogP contribution in [0.1, 0.15) is 39.0 Å². The maximum atomic E-state index is 6.00. The summed E-state index contributed by atoms with van der Waals surface area (Å²) in [5.41, 5.74) is 5.61. The quantitative estimate of drug-likeness (QED) is 0.735. The molecule has 0 aromatic heterocycles. The SMILES string of the molecule is CCC1CCCCC12OCC(CN)O2. The molecule has 1 saturated carbocycles. The van der Waals surface area contributed by atoms with E-state index in [2.05, 4.69) is 6.92 Å². The van der Waals surface area contributed by atoms with Crippen molar-refractivity contribution in [3.8, 4) is 0 Å². The summed E-state index contributed by atoms with van der Waals surface area (Å²) in [5, 5.41) is 0. The summed E-state index contributed by atoms with van der Waals surface area (Å²) in [4.78, 5) is 0. The lowest BCUT2D eigenvalue weighted by atomic mass is 9.81. The number of ether oxygens (including phenoxy) is 2. The lowest BCUT2D eigenvalue weighted by Crippen LogP contribution is -2.42. The largest absolute Gasteiger partial charge is 0.347 e. The van der Waals surface area contributed by atoms with E-state index in [4.69, 9.17) is 15.2 Å². The zero-order chi connectivity index (χ0) is 10.0. The van der Waals surface area contributed by atoms with E-state index in [-0.39, 0.29) is 11.9 Å². The summed E-state index contributed by atoms with van der Waals surface area (Å²) >= 11 is 0. The predicted molar refractivity (Wildman–Crippen MR) is 54.9 cm³/mol. The first-order valence-electron chi connectivity index (χ1n) is 5.82. The average Bonchev–Trinajstić information content (AvgIpc) is 2.63. The molecule has 2 fully saturated rings. The molecule has 0 aromatic rings. The molecule has 2 aliphatic rings. The van der Waals surface area contributed by atoms with E-state index >= 15 is 0 Å². The van der Waals surface area contributed by atoms with Gasteiger partial charge in [0.2, 0.25) is 0 Å². The summed E-state index contributed by atoms with van der Waals surface area (Å²) in [6.07, 6.45) is 6.13. The van der Waals surface area contributed by atoms with E-state index in [1.165, 1.54) is 19.3 Å². The normalized spacial score (nSPS) is 43.3. The van der Waals surface area contributed by atoms with Crippen molar-refractivity contribution in [1.29, 1.82) is 0 Å². The van der Waals surface area contributed by atoms with Crippen molar-refractivity contribution in [2.45, 2.75) is 50.9 Å². The van der Waals surface area contributed by atoms with Gasteiger partial charge < -0.3 is 15.2 Å². The Kier molecular flexibility index (Phi) is 3.10. The Morgan fingerprint density at radius 1 is 1.43 bits per heavy atom. The Bertz CT molecular complexity index is 198. The number of rotatable bonds is 2. The highest BCUT2D eigenvalue weighted by atomic mass is 16.7. The molecule has 3 heteroatoms. The molecule has 1 aliphatic heterocycles. The zero-order valence-electron chi connectivity index (χ0n) is 9.00. The maximum absolute atomic E-state index is 6.00. The molecule has 0 bridgehead atoms. The highest BCUT2D eigenvalue weighted by Crippen LogP contribution is 2.43. The van der Waals surface area contributed by atoms with Crippen LogP contribution in [0.25, 0.3) is 0 Å². The van der Waals surface area contributed by atoms with Gasteiger partial charge in [-0.2, -0.15) is 0 Å². The van der Waals surface area contributed by atoms with Gasteiger partial charge in [-0.1, -0.05) is 13.3 Å². The van der Waals surface area contributed by atoms with Crippen LogP contribution in [0.5, 0.6) is 0 Å². The highest BCUT2D eigenvalue weighted by molar-refractivity contribution is 4.88. The fraction of sp³-hybridized carbons (Fsp3) is 1.00. The van der Waals surface area contributed by atoms with Gasteiger partial charge in [0.05, 0.1) is 12.7 Å². The second-order valence-corrected chi connectivity index (χ2v) is 4.45. The summed E-state index contributed by atoms with van der Waals surface area (Å²) in [6.45, 7) is 3.49. The van der Waals surface area contributed by atoms with E-state index in [1.807, 2.05) is 0 Å². The lowest BCUT2D eigenvalue weighted by molar-refractivity contribution is -0.221. The molecular formula is C11H21NO2. The molecule has 3 atom stereocenters. The minimum absolute atomic E-state index is 0.127. The van der Waals surface area contributed by atoms with Crippen LogP contribution in [0.3, 0.4) is 0 Å². The number of hydrogen-bond donors (Lipinski definition) is 1. The van der Waals surface area contributed by atoms with Crippen LogP contribution in [0, 0.1) is 5.92 Å². The second kappa shape index (κ2) is 4.17. The van der Waals surface area contributed by atoms with Gasteiger partial charge in [0.1, 0.15) is 0 Å². The Morgan fingerprint density at radius 2 is 2.29 bits per heavy atom. The lowest BCUT2D eigenvalue weighted by Gasteiger charge is -2.39. The van der Waals surface area contributed by atoms with Crippen LogP contribution in [0.2, 0.25) is 0 Å². The molecule has 3 unspecified atom stereocenters. The van der Waals surface area contributed by atoms with Gasteiger partial charge in [-0.05, 0) is 19.3 Å². The molecule has 1 aliphatic carbocycles. The number of nitrogens with two attached hydrogens (primary N) is 1. The molecule has 1 heterocycles. The van der Waals surface area contributed by atoms with Crippen LogP contribution in [-0.2, 0) is 9.47 Å². The molecule has 0 radical (unpaired) electrons. The van der Waals surface area contributed by atoms with E-state index in [9.17, 15) is 0 Å². The molecule has 1 saturated heterocycles. The Labute approximate surface area is 85.9 Å². The van der Waals surface area contributed by atoms with Gasteiger partial charge in [-0.3, -0.25) is 0 Å². The van der Waals surface area contributed by atoms with Crippen LogP contribution in [0.4, 0.5) is 0 Å². The summed E-state index contributed by atoms with van der Waals surface area (Å²) < 4.78 is 11.9. The fourth-order valence-corrected chi connectivity index (χ4v) is 2.75. The molecule has 14 heavy (non-hydrogen) atoms. The van der Waals surface area contributed by atoms with Gasteiger partial charge in [0.25, 0.3) is 0 Å². The minimum atomic E-state index is -0.267. The van der Waals surface area contributed by atoms with Crippen LogP contribution < -0.4 is 5.73 Å². The van der Waals surface area contributed by atoms with E-state index in [0.717, 1.165) is 12.8 Å². The standard InChI is InChI=1S/C11H21NO2/c1-2-9-5-3-4-6-11(9)13-8-10(7-12)14-11/h9-10H,2-8,12H2,1H3. The van der Waals surface area contributed by atoms with Crippen molar-refractivity contribution in [2.75, 3.05) is 13.2 Å². The monoisotopic (exact) mass is 199 g/mol. The Balaban J connectivity index is 2.05. The van der Waals surface area contributed by atoms with Gasteiger partial charge >= 0.3 is 0 Å². The van der Waals surface area contributed by atoms with E-state index in [1.54, 1.807) is 0 Å². The molecule has 2 rings (SSSR count). The molecule has 2 N–H and O–H groups in total. The van der Waals surface area contributed by atoms with Crippen LogP contribution in [0.15, 0.2) is 0 Å². The third-order valence-corrected chi connectivity index (χ3v) is 3.59. The second-order valence-electron chi connectivity index (χ2n) is 4.45. The van der Waals surface area contributed by atoms with Crippen molar-refractivity contribution in [2.24, 2.45) is 11.7 Å². The van der Waals surface area contributed by atoms with E-state index < -0.39 is 0 Å². The molecule has 0 amide bonds. The molecule has 3 nitrogen and oxygen atoms in total. The first-order valence-corrected chi connectivity index (χ1v) is 5.82. The first kappa shape index (κ1) is 10.4. The minimum Gasteiger partial charge on any atom is -0.347 e. The van der Waals surface area contributed by atoms with Crippen molar-refractivity contribution < 1.29 is 9.47 Å². The van der Waals surface area contributed by atoms with E-state index in [0.29, 0.717) is 19.1 Å². The van der Waals surface area contributed by atoms with Gasteiger partial charge in [0.15, 0.2) is 5.79 Å². The Hall–Kier alpha value is -0.120. The smallest absolute Gasteiger partial charge is 0.171 e. The summed E-state index contributed by atoms with van der Waals surface area (Å²) in [5.74, 6) is 0.310. The predicted octanol–water partition coefficient (Wildman–Crippen LogP) is 1.66. The molecule has 0 aromatic carbocycles. The third-order valence-electron chi connectivity index (χ3n) is 3.59. The van der Waals surface area contributed by atoms with Crippen molar-refractivity contribution in [3.05, 3.63) is 0 Å². The van der Waals surface area contributed by atoms with Gasteiger partial charge in [0, 0.05) is 18.9 Å². The van der Waals surface area contributed by atoms with Gasteiger partial charge in [-0.25, -0.2) is 0 Å². The molecule has 1 spiro atoms. The molecule has 82 valence electrons. The highest BCUT2D eigenvalue weighted by Gasteiger charge is 2.47. The number of hydrogen-bond acceptors (Lipinski definition) is 3. The summed E-state index contributed by atoms with van der Waals surface area (Å²) in [6, 6.07) is 0. The third kappa shape index (κ3) is 1.69. The Morgan fingerprint density at radius 3 is 2.93 bits per heavy atom. The fourth-order valence-electron chi connectivity index (χ4n) is 2.75. The molecular weight excluding hydrogens is 178 g/mol.